The zero-order chi connectivity index (χ0) is 15.1. The van der Waals surface area contributed by atoms with Crippen molar-refractivity contribution in [3.05, 3.63) is 53.6 Å². The van der Waals surface area contributed by atoms with Crippen LogP contribution < -0.4 is 10.1 Å². The standard InChI is InChI=1S/C16H21FN2O2/c1-20-9-7-18-11-14-4-3-8-19(14)12-13-5-6-16(21-2)15(17)10-13/h3-6,8,10,18H,7,9,11-12H2,1-2H3. The zero-order valence-corrected chi connectivity index (χ0v) is 12.4. The maximum atomic E-state index is 13.7. The van der Waals surface area contributed by atoms with Crippen molar-refractivity contribution < 1.29 is 13.9 Å². The molecule has 2 aromatic rings. The summed E-state index contributed by atoms with van der Waals surface area (Å²) >= 11 is 0. The van der Waals surface area contributed by atoms with Gasteiger partial charge in [-0.1, -0.05) is 6.07 Å². The smallest absolute Gasteiger partial charge is 0.165 e. The number of hydrogen-bond acceptors (Lipinski definition) is 3. The highest BCUT2D eigenvalue weighted by molar-refractivity contribution is 5.29. The minimum atomic E-state index is -0.332. The highest BCUT2D eigenvalue weighted by atomic mass is 19.1. The highest BCUT2D eigenvalue weighted by Crippen LogP contribution is 2.18. The molecule has 0 spiro atoms. The van der Waals surface area contributed by atoms with E-state index in [1.165, 1.54) is 13.2 Å². The van der Waals surface area contributed by atoms with E-state index in [-0.39, 0.29) is 11.6 Å². The molecule has 5 heteroatoms. The molecule has 0 bridgehead atoms. The lowest BCUT2D eigenvalue weighted by atomic mass is 10.2. The van der Waals surface area contributed by atoms with Crippen molar-refractivity contribution in [2.24, 2.45) is 0 Å². The Kier molecular flexibility index (Phi) is 5.78. The SMILES string of the molecule is COCCNCc1cccn1Cc1ccc(OC)c(F)c1. The Morgan fingerprint density at radius 1 is 1.24 bits per heavy atom. The molecule has 0 aliphatic heterocycles. The number of hydrogen-bond donors (Lipinski definition) is 1. The molecule has 0 aliphatic carbocycles. The summed E-state index contributed by atoms with van der Waals surface area (Å²) < 4.78 is 25.7. The summed E-state index contributed by atoms with van der Waals surface area (Å²) in [6.45, 7) is 2.88. The van der Waals surface area contributed by atoms with E-state index in [9.17, 15) is 4.39 Å². The Morgan fingerprint density at radius 3 is 2.81 bits per heavy atom. The van der Waals surface area contributed by atoms with E-state index in [2.05, 4.69) is 16.0 Å². The summed E-state index contributed by atoms with van der Waals surface area (Å²) in [4.78, 5) is 0. The number of benzene rings is 1. The molecule has 114 valence electrons. The van der Waals surface area contributed by atoms with Gasteiger partial charge in [-0.15, -0.1) is 0 Å². The summed E-state index contributed by atoms with van der Waals surface area (Å²) in [5.74, 6) is -0.0605. The van der Waals surface area contributed by atoms with Gasteiger partial charge in [0.1, 0.15) is 0 Å². The number of halogens is 1. The van der Waals surface area contributed by atoms with Crippen molar-refractivity contribution in [1.29, 1.82) is 0 Å². The number of methoxy groups -OCH3 is 2. The number of nitrogens with zero attached hydrogens (tertiary/aromatic N) is 1. The summed E-state index contributed by atoms with van der Waals surface area (Å²) in [5.41, 5.74) is 2.06. The van der Waals surface area contributed by atoms with Gasteiger partial charge in [0.05, 0.1) is 13.7 Å². The molecule has 0 saturated heterocycles. The molecule has 0 atom stereocenters. The van der Waals surface area contributed by atoms with Gasteiger partial charge in [0, 0.05) is 38.6 Å². The number of aromatic nitrogens is 1. The van der Waals surface area contributed by atoms with Gasteiger partial charge < -0.3 is 19.4 Å². The molecule has 0 saturated carbocycles. The van der Waals surface area contributed by atoms with E-state index >= 15 is 0 Å². The maximum absolute atomic E-state index is 13.7. The third kappa shape index (κ3) is 4.31. The van der Waals surface area contributed by atoms with Crippen LogP contribution in [0.4, 0.5) is 4.39 Å². The quantitative estimate of drug-likeness (QED) is 0.759. The van der Waals surface area contributed by atoms with Crippen LogP contribution in [0.25, 0.3) is 0 Å². The topological polar surface area (TPSA) is 35.4 Å². The van der Waals surface area contributed by atoms with E-state index in [1.54, 1.807) is 13.2 Å². The second kappa shape index (κ2) is 7.81. The van der Waals surface area contributed by atoms with Crippen LogP contribution in [-0.4, -0.2) is 31.9 Å². The molecule has 2 rings (SSSR count). The second-order valence-corrected chi connectivity index (χ2v) is 4.77. The number of ether oxygens (including phenoxy) is 2. The van der Waals surface area contributed by atoms with Crippen molar-refractivity contribution in [2.45, 2.75) is 13.1 Å². The van der Waals surface area contributed by atoms with Crippen LogP contribution in [-0.2, 0) is 17.8 Å². The van der Waals surface area contributed by atoms with E-state index in [0.717, 1.165) is 24.3 Å². The van der Waals surface area contributed by atoms with Crippen LogP contribution >= 0.6 is 0 Å². The first-order valence-electron chi connectivity index (χ1n) is 6.90. The average molecular weight is 292 g/mol. The van der Waals surface area contributed by atoms with E-state index in [1.807, 2.05) is 18.3 Å². The van der Waals surface area contributed by atoms with E-state index in [0.29, 0.717) is 13.2 Å². The van der Waals surface area contributed by atoms with Gasteiger partial charge in [0.2, 0.25) is 0 Å². The third-order valence-electron chi connectivity index (χ3n) is 3.28. The molecule has 1 N–H and O–H groups in total. The fourth-order valence-electron chi connectivity index (χ4n) is 2.16. The molecule has 21 heavy (non-hydrogen) atoms. The van der Waals surface area contributed by atoms with Crippen LogP contribution in [0.15, 0.2) is 36.5 Å². The Balaban J connectivity index is 1.99. The lowest BCUT2D eigenvalue weighted by Gasteiger charge is -2.11. The predicted molar refractivity (Wildman–Crippen MR) is 80.1 cm³/mol. The van der Waals surface area contributed by atoms with Gasteiger partial charge in [-0.2, -0.15) is 0 Å². The van der Waals surface area contributed by atoms with Crippen molar-refractivity contribution in [2.75, 3.05) is 27.4 Å². The van der Waals surface area contributed by atoms with Crippen LogP contribution in [0.3, 0.4) is 0 Å². The molecule has 0 fully saturated rings. The van der Waals surface area contributed by atoms with Gasteiger partial charge in [0.25, 0.3) is 0 Å². The Labute approximate surface area is 124 Å². The number of rotatable bonds is 8. The van der Waals surface area contributed by atoms with Crippen molar-refractivity contribution in [3.8, 4) is 5.75 Å². The largest absolute Gasteiger partial charge is 0.494 e. The van der Waals surface area contributed by atoms with Gasteiger partial charge in [-0.3, -0.25) is 0 Å². The van der Waals surface area contributed by atoms with Gasteiger partial charge in [-0.05, 0) is 29.8 Å². The van der Waals surface area contributed by atoms with Gasteiger partial charge >= 0.3 is 0 Å². The van der Waals surface area contributed by atoms with E-state index in [4.69, 9.17) is 9.47 Å². The lowest BCUT2D eigenvalue weighted by Crippen LogP contribution is -2.20. The van der Waals surface area contributed by atoms with Crippen LogP contribution in [0.5, 0.6) is 5.75 Å². The molecule has 4 nitrogen and oxygen atoms in total. The number of nitrogens with one attached hydrogen (secondary N) is 1. The van der Waals surface area contributed by atoms with Crippen molar-refractivity contribution >= 4 is 0 Å². The molecule has 1 heterocycles. The Morgan fingerprint density at radius 2 is 2.10 bits per heavy atom. The van der Waals surface area contributed by atoms with Gasteiger partial charge in [0.15, 0.2) is 11.6 Å². The minimum Gasteiger partial charge on any atom is -0.494 e. The molecule has 0 aliphatic rings. The first kappa shape index (κ1) is 15.5. The summed E-state index contributed by atoms with van der Waals surface area (Å²) in [6, 6.07) is 9.10. The normalized spacial score (nSPS) is 10.8. The molecule has 0 amide bonds. The molecular weight excluding hydrogens is 271 g/mol. The molecule has 0 radical (unpaired) electrons. The monoisotopic (exact) mass is 292 g/mol. The second-order valence-electron chi connectivity index (χ2n) is 4.77. The molecular formula is C16H21FN2O2. The van der Waals surface area contributed by atoms with Crippen LogP contribution in [0.1, 0.15) is 11.3 Å². The van der Waals surface area contributed by atoms with Gasteiger partial charge in [-0.25, -0.2) is 4.39 Å². The van der Waals surface area contributed by atoms with Crippen molar-refractivity contribution in [3.63, 3.8) is 0 Å². The third-order valence-corrected chi connectivity index (χ3v) is 3.28. The highest BCUT2D eigenvalue weighted by Gasteiger charge is 2.06. The Bertz CT molecular complexity index is 569. The zero-order valence-electron chi connectivity index (χ0n) is 12.4. The van der Waals surface area contributed by atoms with E-state index < -0.39 is 0 Å². The molecule has 1 aromatic heterocycles. The van der Waals surface area contributed by atoms with Crippen LogP contribution in [0.2, 0.25) is 0 Å². The fraction of sp³-hybridized carbons (Fsp3) is 0.375. The summed E-state index contributed by atoms with van der Waals surface area (Å²) in [5, 5.41) is 3.30. The first-order valence-corrected chi connectivity index (χ1v) is 6.90. The summed E-state index contributed by atoms with van der Waals surface area (Å²) in [7, 11) is 3.15. The predicted octanol–water partition coefficient (Wildman–Crippen LogP) is 2.42. The fourth-order valence-corrected chi connectivity index (χ4v) is 2.16. The molecule has 0 unspecified atom stereocenters. The lowest BCUT2D eigenvalue weighted by molar-refractivity contribution is 0.199. The minimum absolute atomic E-state index is 0.271. The molecule has 1 aromatic carbocycles. The average Bonchev–Trinajstić information content (AvgIpc) is 2.91. The maximum Gasteiger partial charge on any atom is 0.165 e. The van der Waals surface area contributed by atoms with Crippen molar-refractivity contribution in [1.82, 2.24) is 9.88 Å². The summed E-state index contributed by atoms with van der Waals surface area (Å²) in [6.07, 6.45) is 2.00. The van der Waals surface area contributed by atoms with Crippen LogP contribution in [0, 0.1) is 5.82 Å². The first-order chi connectivity index (χ1) is 10.2. The Hall–Kier alpha value is -1.85.